The van der Waals surface area contributed by atoms with Crippen molar-refractivity contribution in [3.05, 3.63) is 45.0 Å². The van der Waals surface area contributed by atoms with E-state index < -0.39 is 10.9 Å². The zero-order valence-electron chi connectivity index (χ0n) is 8.93. The first-order chi connectivity index (χ1) is 7.43. The number of benzene rings is 1. The Morgan fingerprint density at radius 2 is 1.94 bits per heavy atom. The summed E-state index contributed by atoms with van der Waals surface area (Å²) in [6.45, 7) is 3.32. The van der Waals surface area contributed by atoms with Crippen molar-refractivity contribution in [2.24, 2.45) is 0 Å². The minimum atomic E-state index is -1.13. The largest absolute Gasteiger partial charge is 0.478 e. The Morgan fingerprint density at radius 1 is 1.38 bits per heavy atom. The van der Waals surface area contributed by atoms with Gasteiger partial charge in [-0.25, -0.2) is 4.79 Å². The summed E-state index contributed by atoms with van der Waals surface area (Å²) >= 11 is 0. The van der Waals surface area contributed by atoms with E-state index in [1.807, 2.05) is 0 Å². The van der Waals surface area contributed by atoms with Crippen molar-refractivity contribution in [1.82, 2.24) is 0 Å². The maximum absolute atomic E-state index is 10.9. The Morgan fingerprint density at radius 3 is 2.44 bits per heavy atom. The van der Waals surface area contributed by atoms with Gasteiger partial charge in [0, 0.05) is 11.6 Å². The van der Waals surface area contributed by atoms with Crippen molar-refractivity contribution < 1.29 is 14.8 Å². The number of carbonyl (C=O) groups is 1. The number of hydrogen-bond donors (Lipinski definition) is 1. The van der Waals surface area contributed by atoms with E-state index in [1.165, 1.54) is 6.08 Å². The number of nitro groups is 1. The molecule has 0 spiro atoms. The second-order valence-corrected chi connectivity index (χ2v) is 3.39. The number of aliphatic carboxylic acids is 1. The Bertz CT molecular complexity index is 477. The lowest BCUT2D eigenvalue weighted by molar-refractivity contribution is -0.385. The van der Waals surface area contributed by atoms with Crippen LogP contribution in [0.25, 0.3) is 6.08 Å². The molecule has 1 N–H and O–H groups in total. The average Bonchev–Trinajstić information content (AvgIpc) is 2.18. The van der Waals surface area contributed by atoms with E-state index in [-0.39, 0.29) is 5.69 Å². The number of carboxylic acids is 1. The van der Waals surface area contributed by atoms with Crippen molar-refractivity contribution >= 4 is 17.7 Å². The highest BCUT2D eigenvalue weighted by Crippen LogP contribution is 2.27. The molecule has 0 saturated carbocycles. The van der Waals surface area contributed by atoms with E-state index in [0.29, 0.717) is 16.7 Å². The van der Waals surface area contributed by atoms with E-state index in [1.54, 1.807) is 26.0 Å². The van der Waals surface area contributed by atoms with E-state index in [0.717, 1.165) is 6.08 Å². The summed E-state index contributed by atoms with van der Waals surface area (Å²) in [7, 11) is 0. The molecule has 0 radical (unpaired) electrons. The molecular weight excluding hydrogens is 210 g/mol. The van der Waals surface area contributed by atoms with Crippen molar-refractivity contribution in [2.45, 2.75) is 13.8 Å². The molecular formula is C11H11NO4. The second-order valence-electron chi connectivity index (χ2n) is 3.39. The smallest absolute Gasteiger partial charge is 0.328 e. The van der Waals surface area contributed by atoms with Crippen molar-refractivity contribution in [3.63, 3.8) is 0 Å². The summed E-state index contributed by atoms with van der Waals surface area (Å²) in [4.78, 5) is 20.8. The molecule has 5 heteroatoms. The molecule has 5 nitrogen and oxygen atoms in total. The molecule has 0 atom stereocenters. The highest BCUT2D eigenvalue weighted by molar-refractivity contribution is 5.87. The fourth-order valence-electron chi connectivity index (χ4n) is 1.43. The van der Waals surface area contributed by atoms with E-state index in [2.05, 4.69) is 0 Å². The molecule has 1 aromatic rings. The lowest BCUT2D eigenvalue weighted by Gasteiger charge is -2.04. The SMILES string of the molecule is Cc1ccc(C)c([N+](=O)[O-])c1/C=C/C(=O)O. The number of aryl methyl sites for hydroxylation is 2. The molecule has 0 aromatic heterocycles. The van der Waals surface area contributed by atoms with E-state index in [4.69, 9.17) is 5.11 Å². The van der Waals surface area contributed by atoms with Crippen molar-refractivity contribution in [3.8, 4) is 0 Å². The normalized spacial score (nSPS) is 10.6. The molecule has 1 rings (SSSR count). The molecule has 0 aliphatic carbocycles. The third kappa shape index (κ3) is 2.44. The number of nitrogens with zero attached hydrogens (tertiary/aromatic N) is 1. The highest BCUT2D eigenvalue weighted by Gasteiger charge is 2.17. The van der Waals surface area contributed by atoms with Crippen LogP contribution in [0.1, 0.15) is 16.7 Å². The topological polar surface area (TPSA) is 80.4 Å². The monoisotopic (exact) mass is 221 g/mol. The van der Waals surface area contributed by atoms with Gasteiger partial charge >= 0.3 is 5.97 Å². The van der Waals surface area contributed by atoms with Crippen LogP contribution in [0.4, 0.5) is 5.69 Å². The number of hydrogen-bond acceptors (Lipinski definition) is 3. The molecule has 0 fully saturated rings. The van der Waals surface area contributed by atoms with Gasteiger partial charge in [0.15, 0.2) is 0 Å². The summed E-state index contributed by atoms with van der Waals surface area (Å²) < 4.78 is 0. The molecule has 0 aliphatic rings. The minimum Gasteiger partial charge on any atom is -0.478 e. The first kappa shape index (κ1) is 11.9. The maximum atomic E-state index is 10.9. The zero-order valence-corrected chi connectivity index (χ0v) is 8.93. The third-order valence-corrected chi connectivity index (χ3v) is 2.21. The standard InChI is InChI=1S/C11H11NO4/c1-7-3-4-8(2)11(12(15)16)9(7)5-6-10(13)14/h3-6H,1-2H3,(H,13,14)/b6-5+. The van der Waals surface area contributed by atoms with Crippen LogP contribution in [0.2, 0.25) is 0 Å². The molecule has 16 heavy (non-hydrogen) atoms. The Kier molecular flexibility index (Phi) is 3.40. The van der Waals surface area contributed by atoms with Gasteiger partial charge in [0.25, 0.3) is 5.69 Å². The van der Waals surface area contributed by atoms with Gasteiger partial charge in [-0.15, -0.1) is 0 Å². The third-order valence-electron chi connectivity index (χ3n) is 2.21. The maximum Gasteiger partial charge on any atom is 0.328 e. The van der Waals surface area contributed by atoms with Gasteiger partial charge in [-0.05, 0) is 25.5 Å². The molecule has 0 unspecified atom stereocenters. The Labute approximate surface area is 92.2 Å². The molecule has 1 aromatic carbocycles. The zero-order chi connectivity index (χ0) is 12.3. The van der Waals surface area contributed by atoms with Crippen LogP contribution in [0.5, 0.6) is 0 Å². The van der Waals surface area contributed by atoms with Crippen LogP contribution < -0.4 is 0 Å². The molecule has 0 heterocycles. The lowest BCUT2D eigenvalue weighted by atomic mass is 10.0. The molecule has 0 aliphatic heterocycles. The number of nitro benzene ring substituents is 1. The molecule has 0 bridgehead atoms. The van der Waals surface area contributed by atoms with E-state index in [9.17, 15) is 14.9 Å². The van der Waals surface area contributed by atoms with Gasteiger partial charge in [0.05, 0.1) is 10.5 Å². The van der Waals surface area contributed by atoms with Crippen LogP contribution in [0.3, 0.4) is 0 Å². The van der Waals surface area contributed by atoms with Gasteiger partial charge in [-0.2, -0.15) is 0 Å². The Balaban J connectivity index is 3.40. The van der Waals surface area contributed by atoms with Gasteiger partial charge in [-0.1, -0.05) is 12.1 Å². The minimum absolute atomic E-state index is 0.0440. The van der Waals surface area contributed by atoms with Crippen molar-refractivity contribution in [1.29, 1.82) is 0 Å². The fraction of sp³-hybridized carbons (Fsp3) is 0.182. The van der Waals surface area contributed by atoms with Crippen molar-refractivity contribution in [2.75, 3.05) is 0 Å². The number of carboxylic acid groups (broad SMARTS) is 1. The lowest BCUT2D eigenvalue weighted by Crippen LogP contribution is -1.97. The Hall–Kier alpha value is -2.17. The molecule has 0 amide bonds. The summed E-state index contributed by atoms with van der Waals surface area (Å²) in [5.41, 5.74) is 1.49. The molecule has 0 saturated heterocycles. The van der Waals surface area contributed by atoms with Crippen LogP contribution >= 0.6 is 0 Å². The number of rotatable bonds is 3. The van der Waals surface area contributed by atoms with Crippen LogP contribution in [-0.4, -0.2) is 16.0 Å². The van der Waals surface area contributed by atoms with E-state index >= 15 is 0 Å². The fourth-order valence-corrected chi connectivity index (χ4v) is 1.43. The van der Waals surface area contributed by atoms with Gasteiger partial charge in [-0.3, -0.25) is 10.1 Å². The van der Waals surface area contributed by atoms with Crippen LogP contribution in [-0.2, 0) is 4.79 Å². The predicted octanol–water partition coefficient (Wildman–Crippen LogP) is 2.31. The molecule has 84 valence electrons. The van der Waals surface area contributed by atoms with Crippen LogP contribution in [0, 0.1) is 24.0 Å². The average molecular weight is 221 g/mol. The van der Waals surface area contributed by atoms with Crippen LogP contribution in [0.15, 0.2) is 18.2 Å². The van der Waals surface area contributed by atoms with Gasteiger partial charge in [0.2, 0.25) is 0 Å². The summed E-state index contributed by atoms with van der Waals surface area (Å²) in [6, 6.07) is 3.37. The quantitative estimate of drug-likeness (QED) is 0.482. The first-order valence-electron chi connectivity index (χ1n) is 4.59. The van der Waals surface area contributed by atoms with Gasteiger partial charge in [0.1, 0.15) is 0 Å². The predicted molar refractivity (Wildman–Crippen MR) is 59.2 cm³/mol. The summed E-state index contributed by atoms with van der Waals surface area (Å²) in [6.07, 6.45) is 2.15. The summed E-state index contributed by atoms with van der Waals surface area (Å²) in [5, 5.41) is 19.4. The summed E-state index contributed by atoms with van der Waals surface area (Å²) in [5.74, 6) is -1.13. The van der Waals surface area contributed by atoms with Gasteiger partial charge < -0.3 is 5.11 Å². The highest BCUT2D eigenvalue weighted by atomic mass is 16.6. The first-order valence-corrected chi connectivity index (χ1v) is 4.59. The second kappa shape index (κ2) is 4.57.